The molecule has 1 amide bonds. The lowest BCUT2D eigenvalue weighted by Gasteiger charge is -2.09. The second-order valence-electron chi connectivity index (χ2n) is 6.23. The monoisotopic (exact) mass is 322 g/mol. The molecule has 0 saturated carbocycles. The fraction of sp³-hybridized carbons (Fsp3) is 0.263. The van der Waals surface area contributed by atoms with Crippen molar-refractivity contribution < 1.29 is 4.79 Å². The van der Waals surface area contributed by atoms with Gasteiger partial charge >= 0.3 is 0 Å². The summed E-state index contributed by atoms with van der Waals surface area (Å²) >= 11 is 0. The van der Waals surface area contributed by atoms with Crippen LogP contribution in [0.4, 0.5) is 5.69 Å². The van der Waals surface area contributed by atoms with Gasteiger partial charge in [-0.25, -0.2) is 0 Å². The fourth-order valence-electron chi connectivity index (χ4n) is 2.70. The van der Waals surface area contributed by atoms with Crippen LogP contribution < -0.4 is 5.32 Å². The highest BCUT2D eigenvalue weighted by atomic mass is 16.1. The molecule has 0 unspecified atom stereocenters. The van der Waals surface area contributed by atoms with Gasteiger partial charge in [0, 0.05) is 18.3 Å². The Morgan fingerprint density at radius 1 is 1.17 bits per heavy atom. The van der Waals surface area contributed by atoms with Crippen molar-refractivity contribution in [1.82, 2.24) is 14.7 Å². The first kappa shape index (κ1) is 16.2. The number of hydrogen-bond donors (Lipinski definition) is 1. The zero-order valence-corrected chi connectivity index (χ0v) is 14.3. The number of hydrogen-bond acceptors (Lipinski definition) is 3. The van der Waals surface area contributed by atoms with Gasteiger partial charge in [-0.15, -0.1) is 0 Å². The normalized spacial score (nSPS) is 11.2. The van der Waals surface area contributed by atoms with Crippen LogP contribution in [-0.2, 0) is 6.54 Å². The minimum Gasteiger partial charge on any atom is -0.319 e. The molecule has 124 valence electrons. The summed E-state index contributed by atoms with van der Waals surface area (Å²) in [5.41, 5.74) is 2.55. The molecule has 0 saturated heterocycles. The Hall–Kier alpha value is -2.66. The number of likely N-dealkylation sites (N-methyl/N-ethyl adjacent to an activating group) is 1. The zero-order valence-electron chi connectivity index (χ0n) is 14.3. The van der Waals surface area contributed by atoms with E-state index in [9.17, 15) is 4.79 Å². The molecule has 3 rings (SSSR count). The fourth-order valence-corrected chi connectivity index (χ4v) is 2.70. The SMILES string of the molecule is Cc1ccc(C(=O)Nc2cnn(CCN(C)C)c2)c2ccccc12. The highest BCUT2D eigenvalue weighted by Gasteiger charge is 2.12. The highest BCUT2D eigenvalue weighted by Crippen LogP contribution is 2.23. The lowest BCUT2D eigenvalue weighted by Crippen LogP contribution is -2.18. The van der Waals surface area contributed by atoms with Crippen molar-refractivity contribution in [3.05, 3.63) is 59.9 Å². The lowest BCUT2D eigenvalue weighted by atomic mass is 10.00. The Morgan fingerprint density at radius 3 is 2.67 bits per heavy atom. The Morgan fingerprint density at radius 2 is 1.92 bits per heavy atom. The molecule has 0 aliphatic carbocycles. The van der Waals surface area contributed by atoms with Crippen molar-refractivity contribution >= 4 is 22.4 Å². The van der Waals surface area contributed by atoms with E-state index >= 15 is 0 Å². The second-order valence-corrected chi connectivity index (χ2v) is 6.23. The molecule has 0 spiro atoms. The van der Waals surface area contributed by atoms with Crippen LogP contribution in [0.3, 0.4) is 0 Å². The first-order valence-electron chi connectivity index (χ1n) is 8.01. The number of carbonyl (C=O) groups is 1. The van der Waals surface area contributed by atoms with Crippen molar-refractivity contribution in [2.45, 2.75) is 13.5 Å². The predicted molar refractivity (Wildman–Crippen MR) is 97.4 cm³/mol. The molecule has 1 N–H and O–H groups in total. The summed E-state index contributed by atoms with van der Waals surface area (Å²) in [5, 5.41) is 9.30. The van der Waals surface area contributed by atoms with Crippen LogP contribution in [0.5, 0.6) is 0 Å². The van der Waals surface area contributed by atoms with Gasteiger partial charge in [0.2, 0.25) is 0 Å². The zero-order chi connectivity index (χ0) is 17.1. The summed E-state index contributed by atoms with van der Waals surface area (Å²) < 4.78 is 1.84. The van der Waals surface area contributed by atoms with Gasteiger partial charge in [0.1, 0.15) is 0 Å². The summed E-state index contributed by atoms with van der Waals surface area (Å²) in [7, 11) is 4.05. The number of anilines is 1. The van der Waals surface area contributed by atoms with Crippen LogP contribution in [0.25, 0.3) is 10.8 Å². The van der Waals surface area contributed by atoms with E-state index < -0.39 is 0 Å². The first-order valence-corrected chi connectivity index (χ1v) is 8.01. The van der Waals surface area contributed by atoms with Gasteiger partial charge in [0.15, 0.2) is 0 Å². The molecule has 0 aliphatic rings. The average molecular weight is 322 g/mol. The highest BCUT2D eigenvalue weighted by molar-refractivity contribution is 6.13. The predicted octanol–water partition coefficient (Wildman–Crippen LogP) is 3.16. The maximum atomic E-state index is 12.7. The number of aryl methyl sites for hydroxylation is 1. The van der Waals surface area contributed by atoms with Gasteiger partial charge in [-0.05, 0) is 43.4 Å². The number of rotatable bonds is 5. The summed E-state index contributed by atoms with van der Waals surface area (Å²) in [6.45, 7) is 3.74. The number of carbonyl (C=O) groups excluding carboxylic acids is 1. The number of nitrogens with zero attached hydrogens (tertiary/aromatic N) is 3. The van der Waals surface area contributed by atoms with Gasteiger partial charge < -0.3 is 10.2 Å². The molecular formula is C19H22N4O. The van der Waals surface area contributed by atoms with Crippen LogP contribution >= 0.6 is 0 Å². The summed E-state index contributed by atoms with van der Waals surface area (Å²) in [5.74, 6) is -0.113. The molecule has 0 fully saturated rings. The Kier molecular flexibility index (Phi) is 4.62. The molecule has 1 aromatic heterocycles. The van der Waals surface area contributed by atoms with Gasteiger partial charge in [0.25, 0.3) is 5.91 Å². The number of fused-ring (bicyclic) bond motifs is 1. The minimum absolute atomic E-state index is 0.113. The first-order chi connectivity index (χ1) is 11.5. The van der Waals surface area contributed by atoms with Crippen LogP contribution in [0, 0.1) is 6.92 Å². The molecule has 0 atom stereocenters. The van der Waals surface area contributed by atoms with Crippen LogP contribution in [-0.4, -0.2) is 41.2 Å². The molecule has 0 radical (unpaired) electrons. The van der Waals surface area contributed by atoms with E-state index in [1.165, 1.54) is 5.56 Å². The number of nitrogens with one attached hydrogen (secondary N) is 1. The standard InChI is InChI=1S/C19H22N4O/c1-14-8-9-18(17-7-5-4-6-16(14)17)19(24)21-15-12-20-23(13-15)11-10-22(2)3/h4-9,12-13H,10-11H2,1-3H3,(H,21,24). The Labute approximate surface area is 141 Å². The van der Waals surface area contributed by atoms with E-state index in [1.54, 1.807) is 6.20 Å². The minimum atomic E-state index is -0.113. The summed E-state index contributed by atoms with van der Waals surface area (Å²) in [6, 6.07) is 11.8. The molecule has 1 heterocycles. The van der Waals surface area contributed by atoms with Crippen molar-refractivity contribution in [2.24, 2.45) is 0 Å². The Bertz CT molecular complexity index is 867. The van der Waals surface area contributed by atoms with Gasteiger partial charge in [-0.3, -0.25) is 9.48 Å². The number of benzene rings is 2. The van der Waals surface area contributed by atoms with Crippen molar-refractivity contribution in [3.63, 3.8) is 0 Å². The third-order valence-electron chi connectivity index (χ3n) is 4.05. The van der Waals surface area contributed by atoms with E-state index in [0.717, 1.165) is 23.9 Å². The van der Waals surface area contributed by atoms with Gasteiger partial charge in [0.05, 0.1) is 18.4 Å². The van der Waals surface area contributed by atoms with Crippen molar-refractivity contribution in [1.29, 1.82) is 0 Å². The molecule has 5 nitrogen and oxygen atoms in total. The topological polar surface area (TPSA) is 50.2 Å². The average Bonchev–Trinajstić information content (AvgIpc) is 3.01. The second kappa shape index (κ2) is 6.84. The lowest BCUT2D eigenvalue weighted by molar-refractivity contribution is 0.102. The molecule has 24 heavy (non-hydrogen) atoms. The molecule has 0 aliphatic heterocycles. The molecule has 3 aromatic rings. The largest absolute Gasteiger partial charge is 0.319 e. The maximum absolute atomic E-state index is 12.7. The van der Waals surface area contributed by atoms with E-state index in [4.69, 9.17) is 0 Å². The van der Waals surface area contributed by atoms with E-state index in [1.807, 2.05) is 61.4 Å². The molecule has 5 heteroatoms. The quantitative estimate of drug-likeness (QED) is 0.785. The van der Waals surface area contributed by atoms with Crippen LogP contribution in [0.1, 0.15) is 15.9 Å². The smallest absolute Gasteiger partial charge is 0.256 e. The number of aromatic nitrogens is 2. The van der Waals surface area contributed by atoms with Gasteiger partial charge in [-0.1, -0.05) is 30.3 Å². The van der Waals surface area contributed by atoms with E-state index in [2.05, 4.69) is 22.2 Å². The van der Waals surface area contributed by atoms with Crippen molar-refractivity contribution in [3.8, 4) is 0 Å². The van der Waals surface area contributed by atoms with E-state index in [0.29, 0.717) is 11.3 Å². The molecule has 0 bridgehead atoms. The summed E-state index contributed by atoms with van der Waals surface area (Å²) in [4.78, 5) is 14.8. The third kappa shape index (κ3) is 3.46. The number of amides is 1. The maximum Gasteiger partial charge on any atom is 0.256 e. The van der Waals surface area contributed by atoms with Crippen molar-refractivity contribution in [2.75, 3.05) is 26.0 Å². The van der Waals surface area contributed by atoms with E-state index in [-0.39, 0.29) is 5.91 Å². The van der Waals surface area contributed by atoms with Crippen LogP contribution in [0.15, 0.2) is 48.8 Å². The third-order valence-corrected chi connectivity index (χ3v) is 4.05. The molecular weight excluding hydrogens is 300 g/mol. The molecule has 2 aromatic carbocycles. The Balaban J connectivity index is 1.80. The van der Waals surface area contributed by atoms with Gasteiger partial charge in [-0.2, -0.15) is 5.10 Å². The van der Waals surface area contributed by atoms with Crippen LogP contribution in [0.2, 0.25) is 0 Å². The summed E-state index contributed by atoms with van der Waals surface area (Å²) in [6.07, 6.45) is 3.54.